The molecule has 22 heavy (non-hydrogen) atoms. The molecule has 2 heterocycles. The zero-order valence-corrected chi connectivity index (χ0v) is 12.8. The topological polar surface area (TPSA) is 34.6 Å². The monoisotopic (exact) mass is 302 g/mol. The highest BCUT2D eigenvalue weighted by atomic mass is 19.1. The predicted octanol–water partition coefficient (Wildman–Crippen LogP) is 3.23. The Morgan fingerprint density at radius 1 is 1.23 bits per heavy atom. The molecule has 0 unspecified atom stereocenters. The molecule has 0 amide bonds. The van der Waals surface area contributed by atoms with Crippen molar-refractivity contribution in [2.24, 2.45) is 0 Å². The van der Waals surface area contributed by atoms with Gasteiger partial charge in [-0.3, -0.25) is 4.98 Å². The largest absolute Gasteiger partial charge is 0.497 e. The Kier molecular flexibility index (Phi) is 4.13. The molecule has 5 heteroatoms. The lowest BCUT2D eigenvalue weighted by molar-refractivity contribution is 0.396. The van der Waals surface area contributed by atoms with Crippen molar-refractivity contribution in [1.82, 2.24) is 4.98 Å². The molecule has 1 aromatic carbocycles. The first-order valence-electron chi connectivity index (χ1n) is 7.29. The van der Waals surface area contributed by atoms with E-state index in [0.717, 1.165) is 36.6 Å². The Morgan fingerprint density at radius 3 is 2.82 bits per heavy atom. The van der Waals surface area contributed by atoms with Crippen molar-refractivity contribution >= 4 is 5.69 Å². The highest BCUT2D eigenvalue weighted by Crippen LogP contribution is 2.37. The number of pyridine rings is 1. The van der Waals surface area contributed by atoms with Gasteiger partial charge in [0.15, 0.2) is 5.82 Å². The molecule has 4 nitrogen and oxygen atoms in total. The van der Waals surface area contributed by atoms with Crippen LogP contribution in [0.1, 0.15) is 17.9 Å². The second kappa shape index (κ2) is 6.22. The quantitative estimate of drug-likeness (QED) is 0.868. The Labute approximate surface area is 129 Å². The van der Waals surface area contributed by atoms with E-state index in [1.165, 1.54) is 6.20 Å². The lowest BCUT2D eigenvalue weighted by Gasteiger charge is -2.20. The molecule has 0 radical (unpaired) electrons. The fourth-order valence-corrected chi connectivity index (χ4v) is 3.02. The summed E-state index contributed by atoms with van der Waals surface area (Å²) in [7, 11) is 3.32. The Morgan fingerprint density at radius 2 is 2.09 bits per heavy atom. The van der Waals surface area contributed by atoms with Crippen molar-refractivity contribution in [2.75, 3.05) is 32.2 Å². The van der Waals surface area contributed by atoms with Crippen LogP contribution in [-0.2, 0) is 0 Å². The van der Waals surface area contributed by atoms with Crippen molar-refractivity contribution in [1.29, 1.82) is 0 Å². The average molecular weight is 302 g/mol. The highest BCUT2D eigenvalue weighted by Gasteiger charge is 2.28. The molecule has 0 bridgehead atoms. The zero-order chi connectivity index (χ0) is 15.5. The number of aromatic nitrogens is 1. The standard InChI is InChI=1S/C17H19FN2O2/c1-21-13-3-4-17(22-2)14(9-13)12-6-8-20(11-12)16-5-7-19-10-15(16)18/h3-5,7,9-10,12H,6,8,11H2,1-2H3/t12-/m1/s1. The maximum atomic E-state index is 13.9. The van der Waals surface area contributed by atoms with Gasteiger partial charge in [0.1, 0.15) is 11.5 Å². The second-order valence-corrected chi connectivity index (χ2v) is 5.37. The van der Waals surface area contributed by atoms with Crippen LogP contribution in [0.25, 0.3) is 0 Å². The minimum absolute atomic E-state index is 0.277. The number of nitrogens with zero attached hydrogens (tertiary/aromatic N) is 2. The summed E-state index contributed by atoms with van der Waals surface area (Å²) >= 11 is 0. The number of methoxy groups -OCH3 is 2. The van der Waals surface area contributed by atoms with Crippen molar-refractivity contribution in [3.05, 3.63) is 48.0 Å². The number of benzene rings is 1. The molecule has 3 rings (SSSR count). The van der Waals surface area contributed by atoms with Gasteiger partial charge in [0.25, 0.3) is 0 Å². The molecule has 2 aromatic rings. The van der Waals surface area contributed by atoms with E-state index in [9.17, 15) is 4.39 Å². The summed E-state index contributed by atoms with van der Waals surface area (Å²) in [5.41, 5.74) is 1.72. The number of anilines is 1. The van der Waals surface area contributed by atoms with Crippen LogP contribution in [0.3, 0.4) is 0 Å². The van der Waals surface area contributed by atoms with E-state index in [1.807, 2.05) is 18.2 Å². The molecule has 1 aromatic heterocycles. The smallest absolute Gasteiger partial charge is 0.164 e. The Hall–Kier alpha value is -2.30. The third kappa shape index (κ3) is 2.71. The summed E-state index contributed by atoms with van der Waals surface area (Å²) in [4.78, 5) is 5.86. The van der Waals surface area contributed by atoms with Gasteiger partial charge in [0.2, 0.25) is 0 Å². The van der Waals surface area contributed by atoms with Gasteiger partial charge in [-0.1, -0.05) is 0 Å². The second-order valence-electron chi connectivity index (χ2n) is 5.37. The van der Waals surface area contributed by atoms with E-state index in [2.05, 4.69) is 9.88 Å². The van der Waals surface area contributed by atoms with Crippen LogP contribution < -0.4 is 14.4 Å². The van der Waals surface area contributed by atoms with Crippen LogP contribution >= 0.6 is 0 Å². The number of rotatable bonds is 4. The van der Waals surface area contributed by atoms with E-state index in [4.69, 9.17) is 9.47 Å². The summed E-state index contributed by atoms with van der Waals surface area (Å²) in [6, 6.07) is 7.54. The molecule has 1 aliphatic rings. The summed E-state index contributed by atoms with van der Waals surface area (Å²) in [5.74, 6) is 1.67. The van der Waals surface area contributed by atoms with Crippen molar-refractivity contribution in [2.45, 2.75) is 12.3 Å². The number of hydrogen-bond acceptors (Lipinski definition) is 4. The molecule has 1 aliphatic heterocycles. The summed E-state index contributed by atoms with van der Waals surface area (Å²) in [6.45, 7) is 1.57. The minimum Gasteiger partial charge on any atom is -0.497 e. The fourth-order valence-electron chi connectivity index (χ4n) is 3.02. The average Bonchev–Trinajstić information content (AvgIpc) is 3.04. The van der Waals surface area contributed by atoms with Crippen LogP contribution in [0.2, 0.25) is 0 Å². The van der Waals surface area contributed by atoms with Gasteiger partial charge in [-0.15, -0.1) is 0 Å². The summed E-state index contributed by atoms with van der Waals surface area (Å²) in [5, 5.41) is 0. The third-order valence-electron chi connectivity index (χ3n) is 4.16. The Balaban J connectivity index is 1.85. The van der Waals surface area contributed by atoms with Gasteiger partial charge in [-0.05, 0) is 30.7 Å². The summed E-state index contributed by atoms with van der Waals surface area (Å²) in [6.07, 6.45) is 3.83. The van der Waals surface area contributed by atoms with Crippen LogP contribution in [0.5, 0.6) is 11.5 Å². The van der Waals surface area contributed by atoms with E-state index < -0.39 is 0 Å². The lowest BCUT2D eigenvalue weighted by atomic mass is 9.97. The maximum Gasteiger partial charge on any atom is 0.164 e. The lowest BCUT2D eigenvalue weighted by Crippen LogP contribution is -2.20. The Bertz CT molecular complexity index is 663. The first kappa shape index (κ1) is 14.6. The van der Waals surface area contributed by atoms with Crippen molar-refractivity contribution in [3.8, 4) is 11.5 Å². The molecule has 0 spiro atoms. The van der Waals surface area contributed by atoms with Crippen molar-refractivity contribution < 1.29 is 13.9 Å². The van der Waals surface area contributed by atoms with Crippen LogP contribution in [-0.4, -0.2) is 32.3 Å². The molecule has 1 fully saturated rings. The molecule has 1 atom stereocenters. The normalized spacial score (nSPS) is 17.6. The van der Waals surface area contributed by atoms with Gasteiger partial charge >= 0.3 is 0 Å². The van der Waals surface area contributed by atoms with E-state index >= 15 is 0 Å². The van der Waals surface area contributed by atoms with Gasteiger partial charge < -0.3 is 14.4 Å². The van der Waals surface area contributed by atoms with Crippen LogP contribution in [0.4, 0.5) is 10.1 Å². The first-order chi connectivity index (χ1) is 10.7. The van der Waals surface area contributed by atoms with Gasteiger partial charge in [-0.2, -0.15) is 0 Å². The van der Waals surface area contributed by atoms with Gasteiger partial charge in [0.05, 0.1) is 26.1 Å². The van der Waals surface area contributed by atoms with Gasteiger partial charge in [0, 0.05) is 30.8 Å². The summed E-state index contributed by atoms with van der Waals surface area (Å²) < 4.78 is 24.7. The molecule has 0 saturated carbocycles. The first-order valence-corrected chi connectivity index (χ1v) is 7.29. The molecule has 116 valence electrons. The third-order valence-corrected chi connectivity index (χ3v) is 4.16. The van der Waals surface area contributed by atoms with Crippen LogP contribution in [0, 0.1) is 5.82 Å². The maximum absolute atomic E-state index is 13.9. The molecular weight excluding hydrogens is 283 g/mol. The van der Waals surface area contributed by atoms with Crippen molar-refractivity contribution in [3.63, 3.8) is 0 Å². The minimum atomic E-state index is -0.277. The number of halogens is 1. The van der Waals surface area contributed by atoms with E-state index in [1.54, 1.807) is 26.5 Å². The number of hydrogen-bond donors (Lipinski definition) is 0. The fraction of sp³-hybridized carbons (Fsp3) is 0.353. The molecule has 0 aliphatic carbocycles. The van der Waals surface area contributed by atoms with Crippen LogP contribution in [0.15, 0.2) is 36.7 Å². The van der Waals surface area contributed by atoms with Gasteiger partial charge in [-0.25, -0.2) is 4.39 Å². The van der Waals surface area contributed by atoms with E-state index in [0.29, 0.717) is 5.69 Å². The predicted molar refractivity (Wildman–Crippen MR) is 83.3 cm³/mol. The SMILES string of the molecule is COc1ccc(OC)c([C@@H]2CCN(c3ccncc3F)C2)c1. The zero-order valence-electron chi connectivity index (χ0n) is 12.8. The molecule has 1 saturated heterocycles. The number of ether oxygens (including phenoxy) is 2. The highest BCUT2D eigenvalue weighted by molar-refractivity contribution is 5.50. The molecule has 0 N–H and O–H groups in total. The molecular formula is C17H19FN2O2. The van der Waals surface area contributed by atoms with E-state index in [-0.39, 0.29) is 11.7 Å².